The van der Waals surface area contributed by atoms with Gasteiger partial charge in [0, 0.05) is 25.2 Å². The lowest BCUT2D eigenvalue weighted by molar-refractivity contribution is 0.0762. The van der Waals surface area contributed by atoms with E-state index in [2.05, 4.69) is 19.1 Å². The predicted octanol–water partition coefficient (Wildman–Crippen LogP) is 2.95. The zero-order valence-electron chi connectivity index (χ0n) is 13.4. The third-order valence-electron chi connectivity index (χ3n) is 3.95. The first kappa shape index (κ1) is 16.2. The van der Waals surface area contributed by atoms with Crippen molar-refractivity contribution in [1.82, 2.24) is 4.90 Å². The second-order valence-electron chi connectivity index (χ2n) is 5.62. The maximum atomic E-state index is 12.7. The Morgan fingerprint density at radius 3 is 2.36 bits per heavy atom. The molecule has 0 atom stereocenters. The van der Waals surface area contributed by atoms with Crippen LogP contribution in [0, 0.1) is 13.8 Å². The van der Waals surface area contributed by atoms with E-state index in [-0.39, 0.29) is 5.91 Å². The molecule has 0 aliphatic heterocycles. The molecule has 3 nitrogen and oxygen atoms in total. The summed E-state index contributed by atoms with van der Waals surface area (Å²) in [6.45, 7) is 5.83. The van der Waals surface area contributed by atoms with Crippen molar-refractivity contribution in [3.8, 4) is 0 Å². The number of carbonyl (C=O) groups excluding carboxylic acids is 1. The first-order chi connectivity index (χ1) is 10.6. The van der Waals surface area contributed by atoms with Gasteiger partial charge in [0.25, 0.3) is 5.91 Å². The van der Waals surface area contributed by atoms with Gasteiger partial charge in [-0.25, -0.2) is 0 Å². The van der Waals surface area contributed by atoms with Crippen molar-refractivity contribution in [1.29, 1.82) is 0 Å². The Morgan fingerprint density at radius 1 is 1.00 bits per heavy atom. The molecule has 116 valence electrons. The van der Waals surface area contributed by atoms with Crippen molar-refractivity contribution < 1.29 is 4.79 Å². The highest BCUT2D eigenvalue weighted by molar-refractivity contribution is 5.94. The Balaban J connectivity index is 2.09. The van der Waals surface area contributed by atoms with Gasteiger partial charge < -0.3 is 10.6 Å². The Kier molecular flexibility index (Phi) is 5.73. The van der Waals surface area contributed by atoms with Crippen LogP contribution in [0.4, 0.5) is 0 Å². The number of aryl methyl sites for hydroxylation is 2. The number of rotatable bonds is 6. The average molecular weight is 296 g/mol. The smallest absolute Gasteiger partial charge is 0.253 e. The van der Waals surface area contributed by atoms with Crippen molar-refractivity contribution in [2.45, 2.75) is 20.3 Å². The van der Waals surface area contributed by atoms with E-state index in [1.54, 1.807) is 0 Å². The molecule has 0 radical (unpaired) electrons. The third kappa shape index (κ3) is 4.18. The summed E-state index contributed by atoms with van der Waals surface area (Å²) in [5.41, 5.74) is 9.99. The standard InChI is InChI=1S/C19H24N2O/c1-15-8-9-18(14-16(15)2)19(22)21(13-11-20)12-10-17-6-4-3-5-7-17/h3-9,14H,10-13,20H2,1-2H3. The molecule has 0 aromatic heterocycles. The Bertz CT molecular complexity index is 623. The Morgan fingerprint density at radius 2 is 1.73 bits per heavy atom. The van der Waals surface area contributed by atoms with Gasteiger partial charge in [-0.3, -0.25) is 4.79 Å². The van der Waals surface area contributed by atoms with E-state index in [1.165, 1.54) is 11.1 Å². The summed E-state index contributed by atoms with van der Waals surface area (Å²) in [6, 6.07) is 16.1. The van der Waals surface area contributed by atoms with E-state index in [9.17, 15) is 4.79 Å². The fraction of sp³-hybridized carbons (Fsp3) is 0.316. The van der Waals surface area contributed by atoms with Crippen LogP contribution in [0.1, 0.15) is 27.0 Å². The van der Waals surface area contributed by atoms with Crippen molar-refractivity contribution in [2.75, 3.05) is 19.6 Å². The predicted molar refractivity (Wildman–Crippen MR) is 91.0 cm³/mol. The quantitative estimate of drug-likeness (QED) is 0.891. The monoisotopic (exact) mass is 296 g/mol. The molecule has 0 aliphatic carbocycles. The molecule has 0 bridgehead atoms. The molecule has 2 aromatic rings. The minimum absolute atomic E-state index is 0.0597. The molecule has 1 amide bonds. The molecule has 0 fully saturated rings. The summed E-state index contributed by atoms with van der Waals surface area (Å²) in [4.78, 5) is 14.5. The zero-order chi connectivity index (χ0) is 15.9. The minimum Gasteiger partial charge on any atom is -0.337 e. The summed E-state index contributed by atoms with van der Waals surface area (Å²) in [6.07, 6.45) is 0.845. The molecule has 0 saturated heterocycles. The highest BCUT2D eigenvalue weighted by Crippen LogP contribution is 2.12. The van der Waals surface area contributed by atoms with E-state index in [0.29, 0.717) is 19.6 Å². The summed E-state index contributed by atoms with van der Waals surface area (Å²) in [5, 5.41) is 0. The van der Waals surface area contributed by atoms with Gasteiger partial charge in [-0.1, -0.05) is 36.4 Å². The number of hydrogen-bond acceptors (Lipinski definition) is 2. The second kappa shape index (κ2) is 7.76. The minimum atomic E-state index is 0.0597. The molecule has 0 heterocycles. The zero-order valence-corrected chi connectivity index (χ0v) is 13.4. The van der Waals surface area contributed by atoms with Gasteiger partial charge in [0.15, 0.2) is 0 Å². The lowest BCUT2D eigenvalue weighted by Crippen LogP contribution is -2.37. The lowest BCUT2D eigenvalue weighted by atomic mass is 10.1. The van der Waals surface area contributed by atoms with Crippen molar-refractivity contribution in [2.24, 2.45) is 5.73 Å². The number of hydrogen-bond donors (Lipinski definition) is 1. The largest absolute Gasteiger partial charge is 0.337 e. The van der Waals surface area contributed by atoms with Crippen LogP contribution in [-0.2, 0) is 6.42 Å². The summed E-state index contributed by atoms with van der Waals surface area (Å²) >= 11 is 0. The van der Waals surface area contributed by atoms with E-state index in [1.807, 2.05) is 48.2 Å². The number of nitrogens with two attached hydrogens (primary N) is 1. The normalized spacial score (nSPS) is 10.5. The molecule has 3 heteroatoms. The van der Waals surface area contributed by atoms with Crippen molar-refractivity contribution in [3.05, 3.63) is 70.8 Å². The number of carbonyl (C=O) groups is 1. The van der Waals surface area contributed by atoms with Gasteiger partial charge in [0.1, 0.15) is 0 Å². The van der Waals surface area contributed by atoms with E-state index >= 15 is 0 Å². The van der Waals surface area contributed by atoms with Crippen molar-refractivity contribution in [3.63, 3.8) is 0 Å². The second-order valence-corrected chi connectivity index (χ2v) is 5.62. The highest BCUT2D eigenvalue weighted by Gasteiger charge is 2.15. The number of benzene rings is 2. The molecule has 0 aliphatic rings. The van der Waals surface area contributed by atoms with Crippen LogP contribution < -0.4 is 5.73 Å². The van der Waals surface area contributed by atoms with Crippen molar-refractivity contribution >= 4 is 5.91 Å². The van der Waals surface area contributed by atoms with Gasteiger partial charge in [-0.2, -0.15) is 0 Å². The SMILES string of the molecule is Cc1ccc(C(=O)N(CCN)CCc2ccccc2)cc1C. The van der Waals surface area contributed by atoms with Crippen LogP contribution in [0.5, 0.6) is 0 Å². The highest BCUT2D eigenvalue weighted by atomic mass is 16.2. The Hall–Kier alpha value is -2.13. The van der Waals surface area contributed by atoms with Crippen LogP contribution in [0.15, 0.2) is 48.5 Å². The lowest BCUT2D eigenvalue weighted by Gasteiger charge is -2.22. The first-order valence-corrected chi connectivity index (χ1v) is 7.72. The molecule has 22 heavy (non-hydrogen) atoms. The third-order valence-corrected chi connectivity index (χ3v) is 3.95. The van der Waals surface area contributed by atoms with Crippen LogP contribution in [0.3, 0.4) is 0 Å². The summed E-state index contributed by atoms with van der Waals surface area (Å²) < 4.78 is 0. The molecular weight excluding hydrogens is 272 g/mol. The summed E-state index contributed by atoms with van der Waals surface area (Å²) in [7, 11) is 0. The van der Waals surface area contributed by atoms with Crippen LogP contribution in [-0.4, -0.2) is 30.4 Å². The van der Waals surface area contributed by atoms with E-state index in [0.717, 1.165) is 17.5 Å². The molecule has 2 rings (SSSR count). The summed E-state index contributed by atoms with van der Waals surface area (Å²) in [5.74, 6) is 0.0597. The van der Waals surface area contributed by atoms with Crippen LogP contribution in [0.25, 0.3) is 0 Å². The average Bonchev–Trinajstić information content (AvgIpc) is 2.54. The molecule has 2 aromatic carbocycles. The fourth-order valence-corrected chi connectivity index (χ4v) is 2.44. The maximum absolute atomic E-state index is 12.7. The van der Waals surface area contributed by atoms with E-state index in [4.69, 9.17) is 5.73 Å². The van der Waals surface area contributed by atoms with Gasteiger partial charge in [-0.05, 0) is 49.1 Å². The molecule has 0 unspecified atom stereocenters. The number of nitrogens with zero attached hydrogens (tertiary/aromatic N) is 1. The molecule has 0 saturated carbocycles. The topological polar surface area (TPSA) is 46.3 Å². The van der Waals surface area contributed by atoms with Crippen LogP contribution >= 0.6 is 0 Å². The van der Waals surface area contributed by atoms with Gasteiger partial charge >= 0.3 is 0 Å². The van der Waals surface area contributed by atoms with E-state index < -0.39 is 0 Å². The number of amides is 1. The maximum Gasteiger partial charge on any atom is 0.253 e. The first-order valence-electron chi connectivity index (χ1n) is 7.72. The molecule has 0 spiro atoms. The van der Waals surface area contributed by atoms with Gasteiger partial charge in [-0.15, -0.1) is 0 Å². The Labute approximate surface area is 132 Å². The fourth-order valence-electron chi connectivity index (χ4n) is 2.44. The van der Waals surface area contributed by atoms with Gasteiger partial charge in [0.2, 0.25) is 0 Å². The van der Waals surface area contributed by atoms with Crippen LogP contribution in [0.2, 0.25) is 0 Å². The molecule has 2 N–H and O–H groups in total. The van der Waals surface area contributed by atoms with Gasteiger partial charge in [0.05, 0.1) is 0 Å². The molecular formula is C19H24N2O.